The fraction of sp³-hybridized carbons (Fsp3) is 0.450. The Hall–Kier alpha value is -0.460. The minimum Gasteiger partial charge on any atom is -0.314 e. The molecule has 1 aliphatic heterocycles. The second kappa shape index (κ2) is 9.16. The molecule has 6 heteroatoms. The molecule has 0 radical (unpaired) electrons. The van der Waals surface area contributed by atoms with Gasteiger partial charge >= 0.3 is 0 Å². The number of hydrogen-bond donors (Lipinski definition) is 1. The van der Waals surface area contributed by atoms with Gasteiger partial charge in [0.15, 0.2) is 0 Å². The van der Waals surface area contributed by atoms with Gasteiger partial charge < -0.3 is 5.32 Å². The lowest BCUT2D eigenvalue weighted by Crippen LogP contribution is -2.45. The summed E-state index contributed by atoms with van der Waals surface area (Å²) < 4.78 is 2.13. The molecule has 1 aromatic heterocycles. The monoisotopic (exact) mass is 499 g/mol. The Bertz CT molecular complexity index is 776. The Morgan fingerprint density at radius 2 is 1.77 bits per heavy atom. The normalized spacial score (nSPS) is 19.7. The smallest absolute Gasteiger partial charge is 0.0793 e. The molecule has 140 valence electrons. The van der Waals surface area contributed by atoms with E-state index in [1.54, 1.807) is 0 Å². The van der Waals surface area contributed by atoms with Crippen molar-refractivity contribution in [3.05, 3.63) is 60.7 Å². The predicted octanol–water partition coefficient (Wildman–Crippen LogP) is 5.38. The Labute approximate surface area is 177 Å². The average Bonchev–Trinajstić information content (AvgIpc) is 2.81. The van der Waals surface area contributed by atoms with Crippen LogP contribution in [0.2, 0.25) is 5.02 Å². The van der Waals surface area contributed by atoms with Crippen LogP contribution in [0.25, 0.3) is 0 Å². The molecule has 1 aromatic carbocycles. The first-order valence-corrected chi connectivity index (χ1v) is 11.2. The van der Waals surface area contributed by atoms with Crippen LogP contribution in [0, 0.1) is 0 Å². The summed E-state index contributed by atoms with van der Waals surface area (Å²) in [6.07, 6.45) is 3.90. The second-order valence-electron chi connectivity index (χ2n) is 6.35. The van der Waals surface area contributed by atoms with Crippen LogP contribution in [0.3, 0.4) is 0 Å². The molecule has 2 aromatic rings. The van der Waals surface area contributed by atoms with Gasteiger partial charge in [0.1, 0.15) is 0 Å². The van der Waals surface area contributed by atoms with Crippen LogP contribution < -0.4 is 5.32 Å². The van der Waals surface area contributed by atoms with Gasteiger partial charge in [0, 0.05) is 46.3 Å². The molecule has 1 fully saturated rings. The van der Waals surface area contributed by atoms with Crippen LogP contribution in [0.15, 0.2) is 33.3 Å². The molecule has 1 saturated heterocycles. The largest absolute Gasteiger partial charge is 0.314 e. The van der Waals surface area contributed by atoms with Crippen molar-refractivity contribution in [2.75, 3.05) is 26.2 Å². The summed E-state index contributed by atoms with van der Waals surface area (Å²) in [5.74, 6) is 0. The summed E-state index contributed by atoms with van der Waals surface area (Å²) in [5.41, 5.74) is 5.16. The summed E-state index contributed by atoms with van der Waals surface area (Å²) in [7, 11) is 0. The third kappa shape index (κ3) is 4.17. The van der Waals surface area contributed by atoms with Gasteiger partial charge in [0.25, 0.3) is 0 Å². The number of halogens is 3. The molecule has 3 nitrogen and oxygen atoms in total. The van der Waals surface area contributed by atoms with E-state index in [9.17, 15) is 0 Å². The Balaban J connectivity index is 0.000000948. The molecule has 2 heterocycles. The lowest BCUT2D eigenvalue weighted by molar-refractivity contribution is 0.194. The third-order valence-corrected chi connectivity index (χ3v) is 6.17. The van der Waals surface area contributed by atoms with Crippen LogP contribution in [-0.4, -0.2) is 36.1 Å². The number of benzene rings is 1. The average molecular weight is 502 g/mol. The number of aryl methyl sites for hydroxylation is 2. The van der Waals surface area contributed by atoms with Gasteiger partial charge in [-0.05, 0) is 63.7 Å². The van der Waals surface area contributed by atoms with Crippen molar-refractivity contribution in [1.29, 1.82) is 0 Å². The van der Waals surface area contributed by atoms with Crippen LogP contribution in [0.4, 0.5) is 0 Å². The van der Waals surface area contributed by atoms with E-state index in [4.69, 9.17) is 16.6 Å². The zero-order valence-electron chi connectivity index (χ0n) is 15.2. The SMILES string of the molecule is CC.Clc1cc(Br)c2c(c1)CCc1cc(Br)cnc1C2N1CCNCC1. The fourth-order valence-corrected chi connectivity index (χ4v) is 5.26. The topological polar surface area (TPSA) is 28.2 Å². The van der Waals surface area contributed by atoms with Gasteiger partial charge in [-0.1, -0.05) is 41.4 Å². The van der Waals surface area contributed by atoms with Crippen molar-refractivity contribution in [2.24, 2.45) is 0 Å². The molecule has 4 rings (SSSR count). The quantitative estimate of drug-likeness (QED) is 0.569. The highest BCUT2D eigenvalue weighted by molar-refractivity contribution is 9.10. The molecule has 1 atom stereocenters. The Morgan fingerprint density at radius 3 is 2.50 bits per heavy atom. The molecule has 0 bridgehead atoms. The maximum atomic E-state index is 6.33. The molecule has 0 spiro atoms. The first-order chi connectivity index (χ1) is 12.6. The maximum Gasteiger partial charge on any atom is 0.0793 e. The van der Waals surface area contributed by atoms with E-state index in [1.165, 1.54) is 22.4 Å². The van der Waals surface area contributed by atoms with E-state index in [0.29, 0.717) is 0 Å². The zero-order valence-corrected chi connectivity index (χ0v) is 19.1. The number of piperazine rings is 1. The van der Waals surface area contributed by atoms with Crippen LogP contribution in [0.1, 0.15) is 42.3 Å². The van der Waals surface area contributed by atoms with Gasteiger partial charge in [-0.3, -0.25) is 9.88 Å². The lowest BCUT2D eigenvalue weighted by atomic mass is 9.96. The number of rotatable bonds is 1. The highest BCUT2D eigenvalue weighted by atomic mass is 79.9. The van der Waals surface area contributed by atoms with Gasteiger partial charge in [0.2, 0.25) is 0 Å². The maximum absolute atomic E-state index is 6.33. The van der Waals surface area contributed by atoms with Crippen LogP contribution in [-0.2, 0) is 12.8 Å². The molecule has 1 unspecified atom stereocenters. The molecule has 26 heavy (non-hydrogen) atoms. The highest BCUT2D eigenvalue weighted by Gasteiger charge is 2.32. The first-order valence-electron chi connectivity index (χ1n) is 9.20. The Kier molecular flexibility index (Phi) is 7.14. The van der Waals surface area contributed by atoms with Gasteiger partial charge in [-0.15, -0.1) is 0 Å². The van der Waals surface area contributed by atoms with E-state index in [2.05, 4.69) is 54.2 Å². The second-order valence-corrected chi connectivity index (χ2v) is 8.55. The van der Waals surface area contributed by atoms with E-state index in [-0.39, 0.29) is 6.04 Å². The molecule has 0 saturated carbocycles. The third-order valence-electron chi connectivity index (χ3n) is 4.86. The number of hydrogen-bond acceptors (Lipinski definition) is 3. The molecular formula is C20H24Br2ClN3. The number of fused-ring (bicyclic) bond motifs is 2. The molecule has 1 N–H and O–H groups in total. The molecular weight excluding hydrogens is 478 g/mol. The lowest BCUT2D eigenvalue weighted by Gasteiger charge is -2.36. The van der Waals surface area contributed by atoms with Crippen molar-refractivity contribution in [1.82, 2.24) is 15.2 Å². The first kappa shape index (κ1) is 20.3. The van der Waals surface area contributed by atoms with Crippen LogP contribution in [0.5, 0.6) is 0 Å². The number of nitrogens with one attached hydrogen (secondary N) is 1. The molecule has 1 aliphatic carbocycles. The summed E-state index contributed by atoms with van der Waals surface area (Å²) >= 11 is 13.7. The van der Waals surface area contributed by atoms with Crippen molar-refractivity contribution >= 4 is 43.5 Å². The summed E-state index contributed by atoms with van der Waals surface area (Å²) in [4.78, 5) is 7.38. The summed E-state index contributed by atoms with van der Waals surface area (Å²) in [5, 5.41) is 4.24. The minimum absolute atomic E-state index is 0.180. The highest BCUT2D eigenvalue weighted by Crippen LogP contribution is 2.41. The molecule has 0 amide bonds. The van der Waals surface area contributed by atoms with E-state index < -0.39 is 0 Å². The van der Waals surface area contributed by atoms with Gasteiger partial charge in [0.05, 0.1) is 11.7 Å². The number of nitrogens with zero attached hydrogens (tertiary/aromatic N) is 2. The van der Waals surface area contributed by atoms with Crippen molar-refractivity contribution in [3.63, 3.8) is 0 Å². The predicted molar refractivity (Wildman–Crippen MR) is 116 cm³/mol. The van der Waals surface area contributed by atoms with Crippen molar-refractivity contribution in [2.45, 2.75) is 32.7 Å². The van der Waals surface area contributed by atoms with Crippen molar-refractivity contribution < 1.29 is 0 Å². The molecule has 2 aliphatic rings. The minimum atomic E-state index is 0.180. The Morgan fingerprint density at radius 1 is 1.08 bits per heavy atom. The van der Waals surface area contributed by atoms with E-state index >= 15 is 0 Å². The fourth-order valence-electron chi connectivity index (χ4n) is 3.79. The number of aromatic nitrogens is 1. The number of pyridine rings is 1. The van der Waals surface area contributed by atoms with E-state index in [0.717, 1.165) is 53.0 Å². The van der Waals surface area contributed by atoms with E-state index in [1.807, 2.05) is 26.1 Å². The standard InChI is InChI=1S/C18H18Br2ClN3.C2H6/c19-13-7-12-2-1-11-8-14(21)9-15(20)16(11)18(17(12)23-10-13)24-5-3-22-4-6-24;1-2/h7-10,18,22H,1-6H2;1-2H3. The van der Waals surface area contributed by atoms with Gasteiger partial charge in [-0.25, -0.2) is 0 Å². The zero-order chi connectivity index (χ0) is 18.7. The summed E-state index contributed by atoms with van der Waals surface area (Å²) in [6, 6.07) is 6.54. The van der Waals surface area contributed by atoms with Crippen molar-refractivity contribution in [3.8, 4) is 0 Å². The van der Waals surface area contributed by atoms with Gasteiger partial charge in [-0.2, -0.15) is 0 Å². The summed E-state index contributed by atoms with van der Waals surface area (Å²) in [6.45, 7) is 8.08. The van der Waals surface area contributed by atoms with Crippen LogP contribution >= 0.6 is 43.5 Å².